The van der Waals surface area contributed by atoms with Gasteiger partial charge < -0.3 is 10.1 Å². The van der Waals surface area contributed by atoms with Gasteiger partial charge >= 0.3 is 0 Å². The molecule has 122 valence electrons. The molecule has 0 aliphatic rings. The van der Waals surface area contributed by atoms with Crippen molar-refractivity contribution in [1.82, 2.24) is 0 Å². The number of amides is 1. The second kappa shape index (κ2) is 7.10. The molecule has 5 nitrogen and oxygen atoms in total. The van der Waals surface area contributed by atoms with Gasteiger partial charge in [0.2, 0.25) is 0 Å². The Balaban J connectivity index is 2.06. The molecule has 1 amide bonds. The largest absolute Gasteiger partial charge is 0.481 e. The average Bonchev–Trinajstić information content (AvgIpc) is 2.46. The molecule has 2 aromatic carbocycles. The molecule has 0 aliphatic carbocycles. The maximum Gasteiger partial charge on any atom is 0.262 e. The summed E-state index contributed by atoms with van der Waals surface area (Å²) in [6.07, 6.45) is 1.05. The molecule has 23 heavy (non-hydrogen) atoms. The monoisotopic (exact) mass is 401 g/mol. The van der Waals surface area contributed by atoms with Gasteiger partial charge in [-0.2, -0.15) is 0 Å². The molecular formula is C15H13BrFNO4S. The van der Waals surface area contributed by atoms with Crippen LogP contribution in [0.15, 0.2) is 51.8 Å². The van der Waals surface area contributed by atoms with Gasteiger partial charge in [0, 0.05) is 10.7 Å². The highest BCUT2D eigenvalue weighted by molar-refractivity contribution is 9.10. The van der Waals surface area contributed by atoms with E-state index in [4.69, 9.17) is 4.74 Å². The molecule has 0 fully saturated rings. The molecule has 0 unspecified atom stereocenters. The maximum atomic E-state index is 13.6. The first-order chi connectivity index (χ1) is 10.8. The molecule has 2 aromatic rings. The van der Waals surface area contributed by atoms with Gasteiger partial charge in [0.15, 0.2) is 28.0 Å². The van der Waals surface area contributed by atoms with Crippen LogP contribution >= 0.6 is 15.9 Å². The van der Waals surface area contributed by atoms with Crippen molar-refractivity contribution in [1.29, 1.82) is 0 Å². The minimum atomic E-state index is -3.48. The van der Waals surface area contributed by atoms with Crippen molar-refractivity contribution >= 4 is 37.4 Å². The van der Waals surface area contributed by atoms with Crippen LogP contribution in [-0.4, -0.2) is 27.2 Å². The van der Waals surface area contributed by atoms with Crippen molar-refractivity contribution in [3.05, 3.63) is 52.8 Å². The zero-order chi connectivity index (χ0) is 17.0. The standard InChI is InChI=1S/C15H13BrFNO4S/c1-23(20,21)14-5-3-2-4-12(14)18-15(19)9-22-13-7-6-10(16)8-11(13)17/h2-8H,9H2,1H3,(H,18,19). The molecule has 0 saturated carbocycles. The first-order valence-electron chi connectivity index (χ1n) is 6.44. The van der Waals surface area contributed by atoms with E-state index < -0.39 is 28.2 Å². The zero-order valence-electron chi connectivity index (χ0n) is 12.0. The van der Waals surface area contributed by atoms with Gasteiger partial charge in [-0.05, 0) is 30.3 Å². The molecule has 0 radical (unpaired) electrons. The fraction of sp³-hybridized carbons (Fsp3) is 0.133. The molecule has 0 bridgehead atoms. The highest BCUT2D eigenvalue weighted by Crippen LogP contribution is 2.22. The number of hydrogen-bond acceptors (Lipinski definition) is 4. The summed E-state index contributed by atoms with van der Waals surface area (Å²) in [4.78, 5) is 11.9. The fourth-order valence-electron chi connectivity index (χ4n) is 1.82. The predicted octanol–water partition coefficient (Wildman–Crippen LogP) is 3.01. The van der Waals surface area contributed by atoms with Gasteiger partial charge in [-0.3, -0.25) is 4.79 Å². The number of para-hydroxylation sites is 1. The first-order valence-corrected chi connectivity index (χ1v) is 9.12. The van der Waals surface area contributed by atoms with Crippen LogP contribution in [-0.2, 0) is 14.6 Å². The molecular weight excluding hydrogens is 389 g/mol. The van der Waals surface area contributed by atoms with Gasteiger partial charge in [0.1, 0.15) is 0 Å². The SMILES string of the molecule is CS(=O)(=O)c1ccccc1NC(=O)COc1ccc(Br)cc1F. The third-order valence-corrected chi connectivity index (χ3v) is 4.46. The summed E-state index contributed by atoms with van der Waals surface area (Å²) < 4.78 is 42.5. The number of halogens is 2. The summed E-state index contributed by atoms with van der Waals surface area (Å²) in [5.74, 6) is -1.27. The Morgan fingerprint density at radius 1 is 1.26 bits per heavy atom. The lowest BCUT2D eigenvalue weighted by Crippen LogP contribution is -2.21. The molecule has 2 rings (SSSR count). The van der Waals surface area contributed by atoms with E-state index in [9.17, 15) is 17.6 Å². The lowest BCUT2D eigenvalue weighted by atomic mass is 10.3. The smallest absolute Gasteiger partial charge is 0.262 e. The summed E-state index contributed by atoms with van der Waals surface area (Å²) >= 11 is 3.12. The maximum absolute atomic E-state index is 13.6. The summed E-state index contributed by atoms with van der Waals surface area (Å²) in [5.41, 5.74) is 0.153. The highest BCUT2D eigenvalue weighted by atomic mass is 79.9. The van der Waals surface area contributed by atoms with Crippen LogP contribution in [0.5, 0.6) is 5.75 Å². The lowest BCUT2D eigenvalue weighted by molar-refractivity contribution is -0.118. The van der Waals surface area contributed by atoms with Crippen molar-refractivity contribution in [2.45, 2.75) is 4.90 Å². The number of sulfone groups is 1. The van der Waals surface area contributed by atoms with Crippen molar-refractivity contribution in [3.63, 3.8) is 0 Å². The van der Waals surface area contributed by atoms with Crippen LogP contribution in [0.2, 0.25) is 0 Å². The Bertz CT molecular complexity index is 839. The summed E-state index contributed by atoms with van der Waals surface area (Å²) in [7, 11) is -3.48. The van der Waals surface area contributed by atoms with Crippen LogP contribution in [0.4, 0.5) is 10.1 Å². The minimum absolute atomic E-state index is 0.00294. The summed E-state index contributed by atoms with van der Waals surface area (Å²) in [6.45, 7) is -0.448. The third kappa shape index (κ3) is 4.77. The van der Waals surface area contributed by atoms with Crippen molar-refractivity contribution < 1.29 is 22.3 Å². The van der Waals surface area contributed by atoms with Crippen molar-refractivity contribution in [2.75, 3.05) is 18.2 Å². The fourth-order valence-corrected chi connectivity index (χ4v) is 2.99. The Kier molecular flexibility index (Phi) is 5.38. The van der Waals surface area contributed by atoms with E-state index in [0.29, 0.717) is 4.47 Å². The molecule has 0 atom stereocenters. The van der Waals surface area contributed by atoms with Crippen LogP contribution in [0, 0.1) is 5.82 Å². The normalized spacial score (nSPS) is 11.1. The van der Waals surface area contributed by atoms with E-state index in [2.05, 4.69) is 21.2 Å². The minimum Gasteiger partial charge on any atom is -0.481 e. The number of carbonyl (C=O) groups excluding carboxylic acids is 1. The first kappa shape index (κ1) is 17.4. The number of rotatable bonds is 5. The van der Waals surface area contributed by atoms with Crippen LogP contribution in [0.25, 0.3) is 0 Å². The molecule has 0 aliphatic heterocycles. The second-order valence-corrected chi connectivity index (χ2v) is 7.58. The van der Waals surface area contributed by atoms with E-state index in [1.165, 1.54) is 24.3 Å². The number of hydrogen-bond donors (Lipinski definition) is 1. The lowest BCUT2D eigenvalue weighted by Gasteiger charge is -2.11. The Morgan fingerprint density at radius 3 is 2.61 bits per heavy atom. The Hall–Kier alpha value is -1.93. The number of benzene rings is 2. The Labute approximate surface area is 141 Å². The van der Waals surface area contributed by atoms with Crippen molar-refractivity contribution in [2.24, 2.45) is 0 Å². The number of carbonyl (C=O) groups is 1. The number of nitrogens with one attached hydrogen (secondary N) is 1. The van der Waals surface area contributed by atoms with Crippen LogP contribution in [0.1, 0.15) is 0 Å². The third-order valence-electron chi connectivity index (χ3n) is 2.81. The molecule has 0 heterocycles. The highest BCUT2D eigenvalue weighted by Gasteiger charge is 2.15. The van der Waals surface area contributed by atoms with Crippen molar-refractivity contribution in [3.8, 4) is 5.75 Å². The topological polar surface area (TPSA) is 72.5 Å². The van der Waals surface area contributed by atoms with Gasteiger partial charge in [-0.1, -0.05) is 28.1 Å². The van der Waals surface area contributed by atoms with Gasteiger partial charge in [0.05, 0.1) is 10.6 Å². The van der Waals surface area contributed by atoms with Gasteiger partial charge in [-0.25, -0.2) is 12.8 Å². The zero-order valence-corrected chi connectivity index (χ0v) is 14.4. The summed E-state index contributed by atoms with van der Waals surface area (Å²) in [6, 6.07) is 10.2. The van der Waals surface area contributed by atoms with E-state index in [1.54, 1.807) is 18.2 Å². The summed E-state index contributed by atoms with van der Waals surface area (Å²) in [5, 5.41) is 2.44. The quantitative estimate of drug-likeness (QED) is 0.835. The molecule has 1 N–H and O–H groups in total. The molecule has 8 heteroatoms. The van der Waals surface area contributed by atoms with Crippen LogP contribution in [0.3, 0.4) is 0 Å². The van der Waals surface area contributed by atoms with E-state index in [1.807, 2.05) is 0 Å². The number of ether oxygens (including phenoxy) is 1. The van der Waals surface area contributed by atoms with E-state index in [-0.39, 0.29) is 16.3 Å². The van der Waals surface area contributed by atoms with E-state index in [0.717, 1.165) is 6.26 Å². The van der Waals surface area contributed by atoms with Gasteiger partial charge in [0.25, 0.3) is 5.91 Å². The average molecular weight is 402 g/mol. The van der Waals surface area contributed by atoms with Crippen LogP contribution < -0.4 is 10.1 Å². The van der Waals surface area contributed by atoms with E-state index >= 15 is 0 Å². The predicted molar refractivity (Wildman–Crippen MR) is 87.8 cm³/mol. The second-order valence-electron chi connectivity index (χ2n) is 4.68. The Morgan fingerprint density at radius 2 is 1.96 bits per heavy atom. The molecule has 0 saturated heterocycles. The number of anilines is 1. The molecule has 0 aromatic heterocycles. The van der Waals surface area contributed by atoms with Gasteiger partial charge in [-0.15, -0.1) is 0 Å². The molecule has 0 spiro atoms.